The smallest absolute Gasteiger partial charge is 0.326 e. The molecular formula is C12H16N2O3. The summed E-state index contributed by atoms with van der Waals surface area (Å²) in [5.74, 6) is -1.39. The first-order valence-electron chi connectivity index (χ1n) is 5.35. The molecule has 1 aromatic carbocycles. The summed E-state index contributed by atoms with van der Waals surface area (Å²) in [5, 5.41) is 11.8. The predicted molar refractivity (Wildman–Crippen MR) is 65.0 cm³/mol. The van der Waals surface area contributed by atoms with Crippen LogP contribution in [0.15, 0.2) is 18.2 Å². The quantitative estimate of drug-likeness (QED) is 0.719. The number of carboxylic acids is 1. The highest BCUT2D eigenvalue weighted by Crippen LogP contribution is 2.18. The predicted octanol–water partition coefficient (Wildman–Crippen LogP) is 1.37. The topological polar surface area (TPSA) is 92.4 Å². The van der Waals surface area contributed by atoms with Crippen molar-refractivity contribution < 1.29 is 14.7 Å². The maximum Gasteiger partial charge on any atom is 0.326 e. The van der Waals surface area contributed by atoms with E-state index in [-0.39, 0.29) is 0 Å². The van der Waals surface area contributed by atoms with Crippen LogP contribution in [0.5, 0.6) is 0 Å². The van der Waals surface area contributed by atoms with E-state index in [9.17, 15) is 9.59 Å². The van der Waals surface area contributed by atoms with E-state index >= 15 is 0 Å². The van der Waals surface area contributed by atoms with Gasteiger partial charge in [-0.25, -0.2) is 4.79 Å². The Bertz CT molecular complexity index is 443. The Morgan fingerprint density at radius 1 is 1.47 bits per heavy atom. The van der Waals surface area contributed by atoms with Gasteiger partial charge in [0.2, 0.25) is 5.91 Å². The number of nitrogens with one attached hydrogen (secondary N) is 1. The molecule has 0 fully saturated rings. The summed E-state index contributed by atoms with van der Waals surface area (Å²) >= 11 is 0. The molecule has 0 aliphatic heterocycles. The van der Waals surface area contributed by atoms with Gasteiger partial charge in [0.25, 0.3) is 0 Å². The minimum absolute atomic E-state index is 0.413. The molecule has 4 N–H and O–H groups in total. The summed E-state index contributed by atoms with van der Waals surface area (Å²) in [4.78, 5) is 21.8. The second-order valence-corrected chi connectivity index (χ2v) is 3.84. The van der Waals surface area contributed by atoms with Crippen LogP contribution in [0.3, 0.4) is 0 Å². The van der Waals surface area contributed by atoms with Crippen molar-refractivity contribution in [3.05, 3.63) is 29.3 Å². The number of benzene rings is 1. The van der Waals surface area contributed by atoms with Crippen LogP contribution in [-0.2, 0) is 4.79 Å². The van der Waals surface area contributed by atoms with Crippen molar-refractivity contribution in [3.63, 3.8) is 0 Å². The van der Waals surface area contributed by atoms with Crippen molar-refractivity contribution in [3.8, 4) is 0 Å². The Hall–Kier alpha value is -2.04. The minimum Gasteiger partial charge on any atom is -0.480 e. The first-order chi connectivity index (χ1) is 7.95. The molecule has 1 unspecified atom stereocenters. The van der Waals surface area contributed by atoms with E-state index in [0.29, 0.717) is 17.7 Å². The SMILES string of the molecule is CCC(Nc1ccc(C(N)=O)cc1C)C(=O)O. The van der Waals surface area contributed by atoms with E-state index < -0.39 is 17.9 Å². The Morgan fingerprint density at radius 2 is 2.12 bits per heavy atom. The number of carbonyl (C=O) groups excluding carboxylic acids is 1. The maximum atomic E-state index is 11.0. The van der Waals surface area contributed by atoms with E-state index in [2.05, 4.69) is 5.32 Å². The largest absolute Gasteiger partial charge is 0.480 e. The zero-order chi connectivity index (χ0) is 13.0. The molecule has 1 atom stereocenters. The maximum absolute atomic E-state index is 11.0. The number of hydrogen-bond donors (Lipinski definition) is 3. The van der Waals surface area contributed by atoms with Gasteiger partial charge in [0.15, 0.2) is 0 Å². The summed E-state index contributed by atoms with van der Waals surface area (Å²) in [6, 6.07) is 4.25. The van der Waals surface area contributed by atoms with Crippen LogP contribution in [0.2, 0.25) is 0 Å². The first kappa shape index (κ1) is 13.0. The highest BCUT2D eigenvalue weighted by atomic mass is 16.4. The Kier molecular flexibility index (Phi) is 4.09. The third-order valence-electron chi connectivity index (χ3n) is 2.55. The number of nitrogens with two attached hydrogens (primary N) is 1. The lowest BCUT2D eigenvalue weighted by molar-refractivity contribution is -0.137. The van der Waals surface area contributed by atoms with Crippen molar-refractivity contribution >= 4 is 17.6 Å². The van der Waals surface area contributed by atoms with Gasteiger partial charge in [-0.1, -0.05) is 6.92 Å². The third-order valence-corrected chi connectivity index (χ3v) is 2.55. The van der Waals surface area contributed by atoms with Crippen LogP contribution < -0.4 is 11.1 Å². The van der Waals surface area contributed by atoms with Gasteiger partial charge in [-0.3, -0.25) is 4.79 Å². The molecular weight excluding hydrogens is 220 g/mol. The molecule has 0 aliphatic carbocycles. The molecule has 0 aromatic heterocycles. The number of anilines is 1. The Labute approximate surface area is 99.6 Å². The molecule has 1 rings (SSSR count). The second-order valence-electron chi connectivity index (χ2n) is 3.84. The first-order valence-corrected chi connectivity index (χ1v) is 5.35. The minimum atomic E-state index is -0.897. The summed E-state index contributed by atoms with van der Waals surface area (Å²) in [5.41, 5.74) is 7.06. The van der Waals surface area contributed by atoms with Gasteiger partial charge in [-0.2, -0.15) is 0 Å². The zero-order valence-corrected chi connectivity index (χ0v) is 9.86. The number of amides is 1. The van der Waals surface area contributed by atoms with Crippen LogP contribution in [0, 0.1) is 6.92 Å². The van der Waals surface area contributed by atoms with Crippen LogP contribution in [-0.4, -0.2) is 23.0 Å². The van der Waals surface area contributed by atoms with E-state index in [0.717, 1.165) is 5.56 Å². The number of aliphatic carboxylic acids is 1. The summed E-state index contributed by atoms with van der Waals surface area (Å²) in [7, 11) is 0. The van der Waals surface area contributed by atoms with Crippen LogP contribution in [0.1, 0.15) is 29.3 Å². The molecule has 0 saturated heterocycles. The number of carboxylic acid groups (broad SMARTS) is 1. The van der Waals surface area contributed by atoms with Crippen molar-refractivity contribution in [2.24, 2.45) is 5.73 Å². The van der Waals surface area contributed by atoms with Gasteiger partial charge >= 0.3 is 5.97 Å². The molecule has 5 nitrogen and oxygen atoms in total. The molecule has 92 valence electrons. The molecule has 17 heavy (non-hydrogen) atoms. The molecule has 0 heterocycles. The molecule has 0 spiro atoms. The van der Waals surface area contributed by atoms with Gasteiger partial charge in [-0.15, -0.1) is 0 Å². The second kappa shape index (κ2) is 5.34. The lowest BCUT2D eigenvalue weighted by Gasteiger charge is -2.16. The van der Waals surface area contributed by atoms with Gasteiger partial charge in [0, 0.05) is 11.3 Å². The van der Waals surface area contributed by atoms with Crippen molar-refractivity contribution in [2.45, 2.75) is 26.3 Å². The number of carbonyl (C=O) groups is 2. The summed E-state index contributed by atoms with van der Waals surface area (Å²) in [6.45, 7) is 3.59. The summed E-state index contributed by atoms with van der Waals surface area (Å²) in [6.07, 6.45) is 0.479. The molecule has 0 aliphatic rings. The highest BCUT2D eigenvalue weighted by Gasteiger charge is 2.15. The molecule has 0 saturated carbocycles. The molecule has 0 bridgehead atoms. The van der Waals surface area contributed by atoms with Gasteiger partial charge in [0.1, 0.15) is 6.04 Å². The standard InChI is InChI=1S/C12H16N2O3/c1-3-9(12(16)17)14-10-5-4-8(11(13)15)6-7(10)2/h4-6,9,14H,3H2,1-2H3,(H2,13,15)(H,16,17). The highest BCUT2D eigenvalue weighted by molar-refractivity contribution is 5.93. The van der Waals surface area contributed by atoms with Crippen molar-refractivity contribution in [1.82, 2.24) is 0 Å². The van der Waals surface area contributed by atoms with Crippen molar-refractivity contribution in [1.29, 1.82) is 0 Å². The van der Waals surface area contributed by atoms with Crippen LogP contribution in [0.25, 0.3) is 0 Å². The van der Waals surface area contributed by atoms with Crippen LogP contribution >= 0.6 is 0 Å². The van der Waals surface area contributed by atoms with Gasteiger partial charge in [0.05, 0.1) is 0 Å². The van der Waals surface area contributed by atoms with Crippen LogP contribution in [0.4, 0.5) is 5.69 Å². The number of primary amides is 1. The van der Waals surface area contributed by atoms with E-state index in [1.807, 2.05) is 0 Å². The van der Waals surface area contributed by atoms with Gasteiger partial charge in [-0.05, 0) is 37.1 Å². The zero-order valence-electron chi connectivity index (χ0n) is 9.86. The average molecular weight is 236 g/mol. The van der Waals surface area contributed by atoms with E-state index in [1.165, 1.54) is 0 Å². The molecule has 1 aromatic rings. The lowest BCUT2D eigenvalue weighted by Crippen LogP contribution is -2.28. The fraction of sp³-hybridized carbons (Fsp3) is 0.333. The average Bonchev–Trinajstić information content (AvgIpc) is 2.26. The van der Waals surface area contributed by atoms with Crippen molar-refractivity contribution in [2.75, 3.05) is 5.32 Å². The van der Waals surface area contributed by atoms with E-state index in [4.69, 9.17) is 10.8 Å². The van der Waals surface area contributed by atoms with E-state index in [1.54, 1.807) is 32.0 Å². The van der Waals surface area contributed by atoms with Gasteiger partial charge < -0.3 is 16.2 Å². The number of rotatable bonds is 5. The summed E-state index contributed by atoms with van der Waals surface area (Å²) < 4.78 is 0. The molecule has 1 amide bonds. The number of hydrogen-bond acceptors (Lipinski definition) is 3. The lowest BCUT2D eigenvalue weighted by atomic mass is 10.1. The fourth-order valence-electron chi connectivity index (χ4n) is 1.51. The third kappa shape index (κ3) is 3.21. The normalized spacial score (nSPS) is 11.9. The molecule has 5 heteroatoms. The monoisotopic (exact) mass is 236 g/mol. The number of aryl methyl sites for hydroxylation is 1. The molecule has 0 radical (unpaired) electrons. The fourth-order valence-corrected chi connectivity index (χ4v) is 1.51. The Morgan fingerprint density at radius 3 is 2.53 bits per heavy atom. The Balaban J connectivity index is 2.93.